The average Bonchev–Trinajstić information content (AvgIpc) is 2.83. The molecule has 2 atom stereocenters. The first-order valence-corrected chi connectivity index (χ1v) is 11.2. The molecule has 0 bridgehead atoms. The maximum atomic E-state index is 12.8. The molecule has 2 N–H and O–H groups in total. The second-order valence-electron chi connectivity index (χ2n) is 8.39. The van der Waals surface area contributed by atoms with E-state index >= 15 is 0 Å². The highest BCUT2D eigenvalue weighted by molar-refractivity contribution is 5.94. The molecule has 0 aromatic heterocycles. The van der Waals surface area contributed by atoms with Gasteiger partial charge < -0.3 is 20.2 Å². The van der Waals surface area contributed by atoms with Gasteiger partial charge in [-0.2, -0.15) is 0 Å². The molecule has 7 nitrogen and oxygen atoms in total. The molecule has 1 aliphatic rings. The van der Waals surface area contributed by atoms with Crippen molar-refractivity contribution in [1.29, 1.82) is 0 Å². The van der Waals surface area contributed by atoms with Crippen LogP contribution in [0.1, 0.15) is 42.2 Å². The zero-order valence-electron chi connectivity index (χ0n) is 19.1. The highest BCUT2D eigenvalue weighted by Crippen LogP contribution is 2.46. The van der Waals surface area contributed by atoms with Gasteiger partial charge in [-0.1, -0.05) is 36.4 Å². The van der Waals surface area contributed by atoms with Gasteiger partial charge in [-0.3, -0.25) is 14.4 Å². The largest absolute Gasteiger partial charge is 0.480 e. The zero-order chi connectivity index (χ0) is 24.2. The zero-order valence-corrected chi connectivity index (χ0v) is 19.1. The number of carboxylic acid groups (broad SMARTS) is 1. The monoisotopic (exact) mass is 457 g/mol. The standard InChI is InChI=1S/C27H27N3O4/c1-18-14-26(30(19(2)32)22-8-4-3-5-9-22)23-10-6-7-11-24(23)29(18)25-15-21(28-16-27(33)34)13-12-20(25)17-31/h3-13,15,17-18,26,28H,14,16H2,1-2H3,(H,33,34). The van der Waals surface area contributed by atoms with E-state index in [-0.39, 0.29) is 24.5 Å². The Kier molecular flexibility index (Phi) is 6.63. The first-order valence-electron chi connectivity index (χ1n) is 11.2. The van der Waals surface area contributed by atoms with Crippen LogP contribution >= 0.6 is 0 Å². The number of hydrogen-bond acceptors (Lipinski definition) is 5. The van der Waals surface area contributed by atoms with Crippen LogP contribution in [0.25, 0.3) is 0 Å². The fourth-order valence-corrected chi connectivity index (χ4v) is 4.70. The van der Waals surface area contributed by atoms with Crippen molar-refractivity contribution in [1.82, 2.24) is 0 Å². The van der Waals surface area contributed by atoms with E-state index in [1.54, 1.807) is 25.1 Å². The van der Waals surface area contributed by atoms with Gasteiger partial charge in [-0.15, -0.1) is 0 Å². The smallest absolute Gasteiger partial charge is 0.322 e. The van der Waals surface area contributed by atoms with Crippen molar-refractivity contribution in [3.63, 3.8) is 0 Å². The quantitative estimate of drug-likeness (QED) is 0.484. The lowest BCUT2D eigenvalue weighted by atomic mass is 9.89. The van der Waals surface area contributed by atoms with Gasteiger partial charge in [0.1, 0.15) is 6.54 Å². The Hall–Kier alpha value is -4.13. The van der Waals surface area contributed by atoms with Gasteiger partial charge in [0, 0.05) is 35.6 Å². The molecule has 1 aliphatic heterocycles. The number of carboxylic acids is 1. The van der Waals surface area contributed by atoms with Gasteiger partial charge in [0.2, 0.25) is 5.91 Å². The average molecular weight is 458 g/mol. The minimum Gasteiger partial charge on any atom is -0.480 e. The van der Waals surface area contributed by atoms with Crippen LogP contribution in [0.2, 0.25) is 0 Å². The van der Waals surface area contributed by atoms with E-state index < -0.39 is 5.97 Å². The normalized spacial score (nSPS) is 16.9. The van der Waals surface area contributed by atoms with E-state index in [2.05, 4.69) is 17.1 Å². The second kappa shape index (κ2) is 9.79. The third kappa shape index (κ3) is 4.50. The first kappa shape index (κ1) is 23.0. The number of amides is 1. The van der Waals surface area contributed by atoms with Gasteiger partial charge in [0.05, 0.1) is 11.7 Å². The topological polar surface area (TPSA) is 90.0 Å². The second-order valence-corrected chi connectivity index (χ2v) is 8.39. The fraction of sp³-hybridized carbons (Fsp3) is 0.222. The lowest BCUT2D eigenvalue weighted by Gasteiger charge is -2.44. The number of carbonyl (C=O) groups is 3. The summed E-state index contributed by atoms with van der Waals surface area (Å²) in [5, 5.41) is 11.9. The Morgan fingerprint density at radius 2 is 1.76 bits per heavy atom. The SMILES string of the molecule is CC(=O)N(c1ccccc1)C1CC(C)N(c2cc(NCC(=O)O)ccc2C=O)c2ccccc21. The van der Waals surface area contributed by atoms with Crippen molar-refractivity contribution in [2.45, 2.75) is 32.4 Å². The van der Waals surface area contributed by atoms with Crippen LogP contribution in [0, 0.1) is 0 Å². The van der Waals surface area contributed by atoms with Crippen LogP contribution < -0.4 is 15.1 Å². The Labute approximate surface area is 198 Å². The van der Waals surface area contributed by atoms with E-state index in [0.29, 0.717) is 23.4 Å². The number of aldehydes is 1. The minimum atomic E-state index is -0.967. The Morgan fingerprint density at radius 3 is 2.44 bits per heavy atom. The van der Waals surface area contributed by atoms with E-state index in [1.807, 2.05) is 59.5 Å². The number of para-hydroxylation sites is 2. The summed E-state index contributed by atoms with van der Waals surface area (Å²) in [7, 11) is 0. The van der Waals surface area contributed by atoms with E-state index in [9.17, 15) is 14.4 Å². The van der Waals surface area contributed by atoms with Crippen LogP contribution in [0.15, 0.2) is 72.8 Å². The van der Waals surface area contributed by atoms with Crippen LogP contribution in [0.4, 0.5) is 22.7 Å². The molecule has 3 aromatic rings. The number of benzene rings is 3. The molecule has 1 amide bonds. The first-order chi connectivity index (χ1) is 16.4. The van der Waals surface area contributed by atoms with Crippen molar-refractivity contribution >= 4 is 40.9 Å². The van der Waals surface area contributed by atoms with Crippen molar-refractivity contribution in [2.75, 3.05) is 21.7 Å². The number of rotatable bonds is 7. The molecular formula is C27H27N3O4. The third-order valence-electron chi connectivity index (χ3n) is 6.11. The molecule has 0 aliphatic carbocycles. The van der Waals surface area contributed by atoms with Crippen molar-refractivity contribution in [3.05, 3.63) is 83.9 Å². The Morgan fingerprint density at radius 1 is 1.06 bits per heavy atom. The molecule has 2 unspecified atom stereocenters. The number of nitrogens with one attached hydrogen (secondary N) is 1. The predicted molar refractivity (Wildman–Crippen MR) is 133 cm³/mol. The van der Waals surface area contributed by atoms with Gasteiger partial charge in [-0.25, -0.2) is 0 Å². The van der Waals surface area contributed by atoms with Gasteiger partial charge in [0.25, 0.3) is 0 Å². The number of fused-ring (bicyclic) bond motifs is 1. The number of carbonyl (C=O) groups excluding carboxylic acids is 2. The van der Waals surface area contributed by atoms with E-state index in [4.69, 9.17) is 5.11 Å². The van der Waals surface area contributed by atoms with Crippen molar-refractivity contribution < 1.29 is 19.5 Å². The highest BCUT2D eigenvalue weighted by atomic mass is 16.4. The predicted octanol–water partition coefficient (Wildman–Crippen LogP) is 5.02. The lowest BCUT2D eigenvalue weighted by molar-refractivity contribution is -0.135. The van der Waals surface area contributed by atoms with E-state index in [0.717, 1.165) is 23.2 Å². The molecule has 0 saturated carbocycles. The number of nitrogens with zero attached hydrogens (tertiary/aromatic N) is 2. The summed E-state index contributed by atoms with van der Waals surface area (Å²) in [6.45, 7) is 3.42. The van der Waals surface area contributed by atoms with E-state index in [1.165, 1.54) is 0 Å². The molecule has 174 valence electrons. The Bertz CT molecular complexity index is 1210. The number of hydrogen-bond donors (Lipinski definition) is 2. The molecule has 0 fully saturated rings. The van der Waals surface area contributed by atoms with Crippen LogP contribution in [-0.2, 0) is 9.59 Å². The summed E-state index contributed by atoms with van der Waals surface area (Å²) >= 11 is 0. The molecular weight excluding hydrogens is 430 g/mol. The van der Waals surface area contributed by atoms with Crippen LogP contribution in [0.5, 0.6) is 0 Å². The number of anilines is 4. The summed E-state index contributed by atoms with van der Waals surface area (Å²) in [5.41, 5.74) is 4.55. The highest BCUT2D eigenvalue weighted by Gasteiger charge is 2.36. The summed E-state index contributed by atoms with van der Waals surface area (Å²) in [6, 6.07) is 22.5. The molecule has 0 radical (unpaired) electrons. The maximum absolute atomic E-state index is 12.8. The summed E-state index contributed by atoms with van der Waals surface area (Å²) in [4.78, 5) is 39.7. The van der Waals surface area contributed by atoms with Crippen molar-refractivity contribution in [3.8, 4) is 0 Å². The number of aliphatic carboxylic acids is 1. The molecule has 1 heterocycles. The summed E-state index contributed by atoms with van der Waals surface area (Å²) < 4.78 is 0. The third-order valence-corrected chi connectivity index (χ3v) is 6.11. The summed E-state index contributed by atoms with van der Waals surface area (Å²) in [5.74, 6) is -1.01. The minimum absolute atomic E-state index is 0.0416. The van der Waals surface area contributed by atoms with Gasteiger partial charge in [-0.05, 0) is 55.3 Å². The van der Waals surface area contributed by atoms with Gasteiger partial charge >= 0.3 is 5.97 Å². The summed E-state index contributed by atoms with van der Waals surface area (Å²) in [6.07, 6.45) is 1.46. The van der Waals surface area contributed by atoms with Gasteiger partial charge in [0.15, 0.2) is 6.29 Å². The van der Waals surface area contributed by atoms with Crippen LogP contribution in [0.3, 0.4) is 0 Å². The fourth-order valence-electron chi connectivity index (χ4n) is 4.70. The maximum Gasteiger partial charge on any atom is 0.322 e. The van der Waals surface area contributed by atoms with Crippen LogP contribution in [-0.4, -0.2) is 35.9 Å². The lowest BCUT2D eigenvalue weighted by Crippen LogP contribution is -2.43. The molecule has 0 saturated heterocycles. The molecule has 4 rings (SSSR count). The molecule has 3 aromatic carbocycles. The molecule has 0 spiro atoms. The van der Waals surface area contributed by atoms with Crippen molar-refractivity contribution in [2.24, 2.45) is 0 Å². The Balaban J connectivity index is 1.81. The molecule has 34 heavy (non-hydrogen) atoms. The molecule has 7 heteroatoms.